The van der Waals surface area contributed by atoms with E-state index in [9.17, 15) is 4.79 Å². The van der Waals surface area contributed by atoms with E-state index in [4.69, 9.17) is 5.11 Å². The Bertz CT molecular complexity index is 166. The summed E-state index contributed by atoms with van der Waals surface area (Å²) in [6, 6.07) is 0. The number of Topliss-reactive ketones (excluding diaryl/α,β-unsaturated/α-hetero) is 1. The van der Waals surface area contributed by atoms with Crippen molar-refractivity contribution >= 4 is 5.78 Å². The minimum atomic E-state index is -0.280. The van der Waals surface area contributed by atoms with Gasteiger partial charge in [0.05, 0.1) is 0 Å². The zero-order chi connectivity index (χ0) is 12.8. The molecule has 0 aromatic heterocycles. The molecule has 0 radical (unpaired) electrons. The monoisotopic (exact) mass is 242 g/mol. The van der Waals surface area contributed by atoms with Gasteiger partial charge >= 0.3 is 0 Å². The van der Waals surface area contributed by atoms with E-state index in [1.165, 1.54) is 57.8 Å². The van der Waals surface area contributed by atoms with Crippen LogP contribution in [0, 0.1) is 0 Å². The predicted octanol–water partition coefficient (Wildman–Crippen LogP) is 4.25. The molecule has 0 heterocycles. The lowest BCUT2D eigenvalue weighted by molar-refractivity contribution is -0.121. The minimum Gasteiger partial charge on any atom is -0.389 e. The van der Waals surface area contributed by atoms with Crippen molar-refractivity contribution in [2.24, 2.45) is 0 Å². The van der Waals surface area contributed by atoms with Crippen LogP contribution in [0.5, 0.6) is 0 Å². The molecule has 1 N–H and O–H groups in total. The lowest BCUT2D eigenvalue weighted by atomic mass is 10.0. The average molecular weight is 242 g/mol. The van der Waals surface area contributed by atoms with Crippen LogP contribution >= 0.6 is 0 Å². The largest absolute Gasteiger partial charge is 0.389 e. The number of hydrogen-bond acceptors (Lipinski definition) is 2. The molecule has 0 aromatic carbocycles. The summed E-state index contributed by atoms with van der Waals surface area (Å²) in [5, 5.41) is 8.55. The number of carbonyl (C=O) groups excluding carboxylic acids is 1. The summed E-state index contributed by atoms with van der Waals surface area (Å²) in [5.41, 5.74) is 0. The SMILES string of the molecule is CCCCCCCCCCCCCC(=O)CO. The number of ketones is 1. The molecule has 0 aliphatic rings. The zero-order valence-corrected chi connectivity index (χ0v) is 11.5. The summed E-state index contributed by atoms with van der Waals surface area (Å²) in [6.45, 7) is 1.97. The van der Waals surface area contributed by atoms with Crippen molar-refractivity contribution in [1.29, 1.82) is 0 Å². The Balaban J connectivity index is 2.96. The van der Waals surface area contributed by atoms with E-state index in [0.717, 1.165) is 12.8 Å². The molecule has 0 saturated carbocycles. The fourth-order valence-electron chi connectivity index (χ4n) is 2.07. The van der Waals surface area contributed by atoms with Gasteiger partial charge in [-0.2, -0.15) is 0 Å². The number of hydrogen-bond donors (Lipinski definition) is 1. The highest BCUT2D eigenvalue weighted by Crippen LogP contribution is 2.11. The van der Waals surface area contributed by atoms with Crippen molar-refractivity contribution in [2.45, 2.75) is 84.0 Å². The maximum absolute atomic E-state index is 10.8. The zero-order valence-electron chi connectivity index (χ0n) is 11.5. The topological polar surface area (TPSA) is 37.3 Å². The van der Waals surface area contributed by atoms with Crippen LogP contribution in [0.4, 0.5) is 0 Å². The fourth-order valence-corrected chi connectivity index (χ4v) is 2.07. The number of rotatable bonds is 13. The van der Waals surface area contributed by atoms with Gasteiger partial charge in [-0.3, -0.25) is 4.79 Å². The Labute approximate surface area is 107 Å². The standard InChI is InChI=1S/C15H30O2/c1-2-3-4-5-6-7-8-9-10-11-12-13-15(17)14-16/h16H,2-14H2,1H3. The molecule has 0 aliphatic heterocycles. The van der Waals surface area contributed by atoms with Crippen LogP contribution in [0.1, 0.15) is 84.0 Å². The van der Waals surface area contributed by atoms with Crippen molar-refractivity contribution < 1.29 is 9.90 Å². The molecule has 17 heavy (non-hydrogen) atoms. The highest BCUT2D eigenvalue weighted by atomic mass is 16.3. The van der Waals surface area contributed by atoms with Crippen molar-refractivity contribution in [1.82, 2.24) is 0 Å². The van der Waals surface area contributed by atoms with E-state index in [1.807, 2.05) is 0 Å². The summed E-state index contributed by atoms with van der Waals surface area (Å²) < 4.78 is 0. The number of unbranched alkanes of at least 4 members (excludes halogenated alkanes) is 10. The molecule has 0 aromatic rings. The predicted molar refractivity (Wildman–Crippen MR) is 73.2 cm³/mol. The van der Waals surface area contributed by atoms with Crippen LogP contribution in [-0.2, 0) is 4.79 Å². The van der Waals surface area contributed by atoms with Crippen molar-refractivity contribution in [3.8, 4) is 0 Å². The van der Waals surface area contributed by atoms with Crippen LogP contribution in [0.3, 0.4) is 0 Å². The molecule has 0 spiro atoms. The molecule has 0 aliphatic carbocycles. The van der Waals surface area contributed by atoms with Gasteiger partial charge in [0.1, 0.15) is 6.61 Å². The first-order valence-corrected chi connectivity index (χ1v) is 7.43. The first-order chi connectivity index (χ1) is 8.31. The molecule has 0 rings (SSSR count). The second kappa shape index (κ2) is 13.7. The third-order valence-electron chi connectivity index (χ3n) is 3.24. The summed E-state index contributed by atoms with van der Waals surface area (Å²) in [5.74, 6) is -0.0130. The normalized spacial score (nSPS) is 10.7. The molecular weight excluding hydrogens is 212 g/mol. The number of aliphatic hydroxyl groups excluding tert-OH is 1. The van der Waals surface area contributed by atoms with Gasteiger partial charge in [-0.1, -0.05) is 71.1 Å². The molecule has 0 fully saturated rings. The minimum absolute atomic E-state index is 0.0130. The maximum Gasteiger partial charge on any atom is 0.158 e. The Morgan fingerprint density at radius 3 is 1.59 bits per heavy atom. The smallest absolute Gasteiger partial charge is 0.158 e. The van der Waals surface area contributed by atoms with Crippen LogP contribution < -0.4 is 0 Å². The molecule has 102 valence electrons. The number of aliphatic hydroxyl groups is 1. The van der Waals surface area contributed by atoms with Gasteiger partial charge < -0.3 is 5.11 Å². The summed E-state index contributed by atoms with van der Waals surface area (Å²) in [7, 11) is 0. The van der Waals surface area contributed by atoms with E-state index in [1.54, 1.807) is 0 Å². The first kappa shape index (κ1) is 16.6. The summed E-state index contributed by atoms with van der Waals surface area (Å²) in [6.07, 6.45) is 14.8. The summed E-state index contributed by atoms with van der Waals surface area (Å²) in [4.78, 5) is 10.8. The maximum atomic E-state index is 10.8. The lowest BCUT2D eigenvalue weighted by Gasteiger charge is -2.02. The average Bonchev–Trinajstić information content (AvgIpc) is 2.35. The third kappa shape index (κ3) is 13.6. The van der Waals surface area contributed by atoms with Crippen LogP contribution in [0.15, 0.2) is 0 Å². The van der Waals surface area contributed by atoms with E-state index < -0.39 is 0 Å². The first-order valence-electron chi connectivity index (χ1n) is 7.43. The van der Waals surface area contributed by atoms with Gasteiger partial charge in [-0.05, 0) is 6.42 Å². The molecule has 0 amide bonds. The molecule has 0 saturated heterocycles. The highest BCUT2D eigenvalue weighted by molar-refractivity contribution is 5.79. The van der Waals surface area contributed by atoms with E-state index in [0.29, 0.717) is 6.42 Å². The second-order valence-corrected chi connectivity index (χ2v) is 4.98. The van der Waals surface area contributed by atoms with Gasteiger partial charge in [0.15, 0.2) is 5.78 Å². The van der Waals surface area contributed by atoms with Crippen molar-refractivity contribution in [2.75, 3.05) is 6.61 Å². The molecule has 0 atom stereocenters. The highest BCUT2D eigenvalue weighted by Gasteiger charge is 1.98. The Morgan fingerprint density at radius 2 is 1.18 bits per heavy atom. The molecule has 0 unspecified atom stereocenters. The number of carbonyl (C=O) groups is 1. The Hall–Kier alpha value is -0.370. The second-order valence-electron chi connectivity index (χ2n) is 4.98. The van der Waals surface area contributed by atoms with Gasteiger partial charge in [0.25, 0.3) is 0 Å². The lowest BCUT2D eigenvalue weighted by Crippen LogP contribution is -2.02. The van der Waals surface area contributed by atoms with Gasteiger partial charge in [-0.25, -0.2) is 0 Å². The van der Waals surface area contributed by atoms with E-state index >= 15 is 0 Å². The Kier molecular flexibility index (Phi) is 13.4. The van der Waals surface area contributed by atoms with Gasteiger partial charge in [0.2, 0.25) is 0 Å². The van der Waals surface area contributed by atoms with Crippen LogP contribution in [0.25, 0.3) is 0 Å². The molecule has 0 bridgehead atoms. The third-order valence-corrected chi connectivity index (χ3v) is 3.24. The Morgan fingerprint density at radius 1 is 0.765 bits per heavy atom. The van der Waals surface area contributed by atoms with Crippen LogP contribution in [-0.4, -0.2) is 17.5 Å². The van der Waals surface area contributed by atoms with E-state index in [-0.39, 0.29) is 12.4 Å². The van der Waals surface area contributed by atoms with Crippen molar-refractivity contribution in [3.63, 3.8) is 0 Å². The summed E-state index contributed by atoms with van der Waals surface area (Å²) >= 11 is 0. The van der Waals surface area contributed by atoms with Crippen LogP contribution in [0.2, 0.25) is 0 Å². The van der Waals surface area contributed by atoms with Gasteiger partial charge in [-0.15, -0.1) is 0 Å². The molecular formula is C15H30O2. The fraction of sp³-hybridized carbons (Fsp3) is 0.933. The van der Waals surface area contributed by atoms with Gasteiger partial charge in [0, 0.05) is 6.42 Å². The molecule has 2 nitrogen and oxygen atoms in total. The molecule has 2 heteroatoms. The van der Waals surface area contributed by atoms with E-state index in [2.05, 4.69) is 6.92 Å². The quantitative estimate of drug-likeness (QED) is 0.490. The van der Waals surface area contributed by atoms with Crippen molar-refractivity contribution in [3.05, 3.63) is 0 Å².